The molecule has 2 aromatic carbocycles. The van der Waals surface area contributed by atoms with Crippen LogP contribution in [0.25, 0.3) is 11.0 Å². The van der Waals surface area contributed by atoms with Gasteiger partial charge in [-0.3, -0.25) is 0 Å². The number of aromatic nitrogens is 3. The number of ether oxygens (including phenoxy) is 1. The molecule has 2 heterocycles. The molecule has 128 valence electrons. The van der Waals surface area contributed by atoms with Crippen molar-refractivity contribution < 1.29 is 9.15 Å². The third-order valence-corrected chi connectivity index (χ3v) is 4.24. The maximum atomic E-state index is 6.11. The minimum atomic E-state index is -0.253. The highest BCUT2D eigenvalue weighted by atomic mass is 35.5. The number of hydrogen-bond donors (Lipinski definition) is 0. The normalized spacial score (nSPS) is 12.0. The first-order chi connectivity index (χ1) is 12.7. The van der Waals surface area contributed by atoms with E-state index in [0.717, 1.165) is 16.7 Å². The maximum absolute atomic E-state index is 6.11. The summed E-state index contributed by atoms with van der Waals surface area (Å²) >= 11 is 6.02. The molecule has 1 atom stereocenters. The van der Waals surface area contributed by atoms with Crippen LogP contribution in [0.1, 0.15) is 17.4 Å². The Labute approximate surface area is 155 Å². The van der Waals surface area contributed by atoms with E-state index in [2.05, 4.69) is 16.0 Å². The Morgan fingerprint density at radius 1 is 1.19 bits per heavy atom. The second-order valence-corrected chi connectivity index (χ2v) is 6.11. The monoisotopic (exact) mass is 363 g/mol. The van der Waals surface area contributed by atoms with Crippen LogP contribution in [0.15, 0.2) is 65.6 Å². The molecule has 0 fully saturated rings. The Hall–Kier alpha value is -3.23. The highest BCUT2D eigenvalue weighted by Gasteiger charge is 2.21. The molecule has 0 aliphatic heterocycles. The molecule has 5 nitrogen and oxygen atoms in total. The van der Waals surface area contributed by atoms with E-state index in [0.29, 0.717) is 16.4 Å². The molecule has 0 amide bonds. The van der Waals surface area contributed by atoms with E-state index in [9.17, 15) is 0 Å². The van der Waals surface area contributed by atoms with Crippen molar-refractivity contribution in [1.29, 1.82) is 0 Å². The summed E-state index contributed by atoms with van der Waals surface area (Å²) in [6, 6.07) is 15.0. The first-order valence-electron chi connectivity index (χ1n) is 7.94. The molecule has 6 heteroatoms. The highest BCUT2D eigenvalue weighted by molar-refractivity contribution is 6.30. The van der Waals surface area contributed by atoms with E-state index in [4.69, 9.17) is 27.2 Å². The molecule has 0 aliphatic carbocycles. The lowest BCUT2D eigenvalue weighted by Crippen LogP contribution is -2.12. The molecule has 0 saturated carbocycles. The predicted molar refractivity (Wildman–Crippen MR) is 99.3 cm³/mol. The number of furan rings is 1. The summed E-state index contributed by atoms with van der Waals surface area (Å²) in [5.41, 5.74) is 1.70. The largest absolute Gasteiger partial charge is 0.481 e. The van der Waals surface area contributed by atoms with Crippen LogP contribution in [-0.2, 0) is 0 Å². The van der Waals surface area contributed by atoms with Crippen molar-refractivity contribution in [3.05, 3.63) is 77.5 Å². The quantitative estimate of drug-likeness (QED) is 0.495. The van der Waals surface area contributed by atoms with Gasteiger partial charge in [0.1, 0.15) is 42.4 Å². The predicted octanol–water partition coefficient (Wildman–Crippen LogP) is 4.33. The second-order valence-electron chi connectivity index (χ2n) is 5.67. The number of benzene rings is 2. The van der Waals surface area contributed by atoms with Gasteiger partial charge in [0.25, 0.3) is 0 Å². The van der Waals surface area contributed by atoms with Crippen molar-refractivity contribution in [2.75, 3.05) is 6.61 Å². The van der Waals surface area contributed by atoms with Gasteiger partial charge >= 0.3 is 0 Å². The van der Waals surface area contributed by atoms with Crippen molar-refractivity contribution >= 4 is 22.6 Å². The van der Waals surface area contributed by atoms with Crippen molar-refractivity contribution in [3.63, 3.8) is 0 Å². The topological polar surface area (TPSA) is 53.1 Å². The third kappa shape index (κ3) is 3.15. The Morgan fingerprint density at radius 3 is 2.77 bits per heavy atom. The van der Waals surface area contributed by atoms with Crippen LogP contribution in [0.4, 0.5) is 0 Å². The summed E-state index contributed by atoms with van der Waals surface area (Å²) in [4.78, 5) is 4.06. The number of hydrogen-bond acceptors (Lipinski definition) is 4. The molecule has 0 N–H and O–H groups in total. The fourth-order valence-corrected chi connectivity index (χ4v) is 2.95. The molecule has 0 aliphatic rings. The van der Waals surface area contributed by atoms with Gasteiger partial charge in [-0.1, -0.05) is 29.7 Å². The summed E-state index contributed by atoms with van der Waals surface area (Å²) in [5.74, 6) is 3.85. The maximum Gasteiger partial charge on any atom is 0.148 e. The first-order valence-corrected chi connectivity index (χ1v) is 8.32. The van der Waals surface area contributed by atoms with Gasteiger partial charge in [0.2, 0.25) is 0 Å². The van der Waals surface area contributed by atoms with Crippen LogP contribution in [-0.4, -0.2) is 21.4 Å². The molecule has 26 heavy (non-hydrogen) atoms. The van der Waals surface area contributed by atoms with E-state index in [1.807, 2.05) is 48.5 Å². The molecule has 4 rings (SSSR count). The summed E-state index contributed by atoms with van der Waals surface area (Å²) in [7, 11) is 0. The first kappa shape index (κ1) is 16.2. The fourth-order valence-electron chi connectivity index (χ4n) is 2.82. The smallest absolute Gasteiger partial charge is 0.148 e. The lowest BCUT2D eigenvalue weighted by Gasteiger charge is -2.15. The minimum Gasteiger partial charge on any atom is -0.481 e. The zero-order valence-electron chi connectivity index (χ0n) is 13.7. The van der Waals surface area contributed by atoms with Crippen LogP contribution < -0.4 is 4.74 Å². The van der Waals surface area contributed by atoms with Crippen LogP contribution in [0, 0.1) is 12.3 Å². The Bertz CT molecular complexity index is 1060. The molecule has 0 saturated heterocycles. The molecule has 2 aromatic heterocycles. The standard InChI is InChI=1S/C20H14ClN3O2/c1-2-9-25-17-8-5-15-10-19(26-18(15)11-17)20(24-13-22-12-23-24)14-3-6-16(21)7-4-14/h1,3-8,10-13,20H,9H2. The molecular weight excluding hydrogens is 350 g/mol. The average Bonchev–Trinajstić information content (AvgIpc) is 3.31. The van der Waals surface area contributed by atoms with Gasteiger partial charge in [-0.2, -0.15) is 5.10 Å². The minimum absolute atomic E-state index is 0.214. The molecular formula is C20H14ClN3O2. The number of fused-ring (bicyclic) bond motifs is 1. The Balaban J connectivity index is 1.78. The van der Waals surface area contributed by atoms with Crippen LogP contribution in [0.3, 0.4) is 0 Å². The van der Waals surface area contributed by atoms with Crippen LogP contribution in [0.5, 0.6) is 5.75 Å². The van der Waals surface area contributed by atoms with E-state index < -0.39 is 0 Å². The second kappa shape index (κ2) is 6.95. The van der Waals surface area contributed by atoms with Gasteiger partial charge < -0.3 is 9.15 Å². The van der Waals surface area contributed by atoms with Gasteiger partial charge in [0, 0.05) is 16.5 Å². The van der Waals surface area contributed by atoms with E-state index in [1.165, 1.54) is 6.33 Å². The number of terminal acetylenes is 1. The highest BCUT2D eigenvalue weighted by Crippen LogP contribution is 2.32. The summed E-state index contributed by atoms with van der Waals surface area (Å²) < 4.78 is 13.3. The lowest BCUT2D eigenvalue weighted by molar-refractivity contribution is 0.370. The number of rotatable bonds is 5. The van der Waals surface area contributed by atoms with Crippen LogP contribution in [0.2, 0.25) is 5.02 Å². The van der Waals surface area contributed by atoms with Crippen molar-refractivity contribution in [3.8, 4) is 18.1 Å². The van der Waals surface area contributed by atoms with Crippen LogP contribution >= 0.6 is 11.6 Å². The van der Waals surface area contributed by atoms with Gasteiger partial charge in [-0.15, -0.1) is 6.42 Å². The van der Waals surface area contributed by atoms with Crippen molar-refractivity contribution in [2.45, 2.75) is 6.04 Å². The zero-order valence-corrected chi connectivity index (χ0v) is 14.4. The van der Waals surface area contributed by atoms with E-state index in [1.54, 1.807) is 11.0 Å². The van der Waals surface area contributed by atoms with Gasteiger partial charge in [-0.05, 0) is 35.9 Å². The molecule has 0 radical (unpaired) electrons. The molecule has 0 bridgehead atoms. The SMILES string of the molecule is C#CCOc1ccc2cc(C(c3ccc(Cl)cc3)n3cncn3)oc2c1. The van der Waals surface area contributed by atoms with Gasteiger partial charge in [0.15, 0.2) is 0 Å². The fraction of sp³-hybridized carbons (Fsp3) is 0.100. The van der Waals surface area contributed by atoms with Crippen molar-refractivity contribution in [2.24, 2.45) is 0 Å². The molecule has 4 aromatic rings. The summed E-state index contributed by atoms with van der Waals surface area (Å²) in [6.07, 6.45) is 8.40. The van der Waals surface area contributed by atoms with Crippen molar-refractivity contribution in [1.82, 2.24) is 14.8 Å². The summed E-state index contributed by atoms with van der Waals surface area (Å²) in [6.45, 7) is 0.214. The Kier molecular flexibility index (Phi) is 4.34. The molecule has 0 spiro atoms. The summed E-state index contributed by atoms with van der Waals surface area (Å²) in [5, 5.41) is 5.92. The van der Waals surface area contributed by atoms with Gasteiger partial charge in [0.05, 0.1) is 0 Å². The lowest BCUT2D eigenvalue weighted by atomic mass is 10.0. The van der Waals surface area contributed by atoms with E-state index >= 15 is 0 Å². The Morgan fingerprint density at radius 2 is 2.04 bits per heavy atom. The number of nitrogens with zero attached hydrogens (tertiary/aromatic N) is 3. The van der Waals surface area contributed by atoms with E-state index in [-0.39, 0.29) is 12.6 Å². The number of halogens is 1. The average molecular weight is 364 g/mol. The molecule has 1 unspecified atom stereocenters. The zero-order chi connectivity index (χ0) is 17.9. The van der Waals surface area contributed by atoms with Gasteiger partial charge in [-0.25, -0.2) is 9.67 Å². The third-order valence-electron chi connectivity index (χ3n) is 3.99.